The van der Waals surface area contributed by atoms with Gasteiger partial charge < -0.3 is 19.5 Å². The zero-order valence-electron chi connectivity index (χ0n) is 9.74. The van der Waals surface area contributed by atoms with E-state index in [0.29, 0.717) is 4.48 Å². The van der Waals surface area contributed by atoms with Gasteiger partial charge in [-0.25, -0.2) is 0 Å². The number of aliphatic carboxylic acids is 1. The van der Waals surface area contributed by atoms with Crippen molar-refractivity contribution < 1.29 is 24.3 Å². The lowest BCUT2D eigenvalue weighted by atomic mass is 9.94. The number of carboxylic acid groups (broad SMARTS) is 1. The predicted octanol–water partition coefficient (Wildman–Crippen LogP) is -2.23. The first kappa shape index (κ1) is 17.2. The van der Waals surface area contributed by atoms with E-state index in [9.17, 15) is 19.8 Å². The molecule has 0 bridgehead atoms. The molecule has 84 valence electrons. The molecule has 0 fully saturated rings. The Labute approximate surface area is 106 Å². The largest absolute Gasteiger partial charge is 0.550 e. The first-order chi connectivity index (χ1) is 6.07. The van der Waals surface area contributed by atoms with Crippen molar-refractivity contribution in [1.82, 2.24) is 0 Å². The molecule has 5 nitrogen and oxygen atoms in total. The molecule has 2 radical (unpaired) electrons. The summed E-state index contributed by atoms with van der Waals surface area (Å²) >= 11 is 0. The van der Waals surface area contributed by atoms with Crippen LogP contribution in [0.15, 0.2) is 0 Å². The highest BCUT2D eigenvalue weighted by Gasteiger charge is 2.38. The van der Waals surface area contributed by atoms with E-state index in [2.05, 4.69) is 0 Å². The van der Waals surface area contributed by atoms with Crippen LogP contribution in [0.25, 0.3) is 0 Å². The maximum Gasteiger partial charge on any atom is 0.176 e. The van der Waals surface area contributed by atoms with Gasteiger partial charge in [-0.05, 0) is 6.92 Å². The maximum atomic E-state index is 11.1. The fourth-order valence-corrected chi connectivity index (χ4v) is 1.32. The summed E-state index contributed by atoms with van der Waals surface area (Å²) in [5.41, 5.74) is -1.82. The van der Waals surface area contributed by atoms with Gasteiger partial charge in [0.25, 0.3) is 0 Å². The maximum absolute atomic E-state index is 11.1. The Morgan fingerprint density at radius 2 is 1.73 bits per heavy atom. The van der Waals surface area contributed by atoms with Crippen LogP contribution in [0.4, 0.5) is 0 Å². The minimum atomic E-state index is -1.82. The van der Waals surface area contributed by atoms with Gasteiger partial charge in [0.05, 0.1) is 21.1 Å². The average molecular weight is 228 g/mol. The summed E-state index contributed by atoms with van der Waals surface area (Å²) in [5, 5.41) is 20.2. The standard InChI is InChI=1S/C9H17NO4.Mg/c1-7(11)9(14,5-8(12)13)6-10(2,3)4;/h14H,5-6H2,1-4H3;/t9-;/m1./s1. The van der Waals surface area contributed by atoms with E-state index in [-0.39, 0.29) is 29.6 Å². The third-order valence-electron chi connectivity index (χ3n) is 1.83. The van der Waals surface area contributed by atoms with Crippen LogP contribution in [0.1, 0.15) is 13.3 Å². The van der Waals surface area contributed by atoms with Gasteiger partial charge in [-0.2, -0.15) is 0 Å². The highest BCUT2D eigenvalue weighted by atomic mass is 24.3. The van der Waals surface area contributed by atoms with Crippen molar-refractivity contribution >= 4 is 34.8 Å². The van der Waals surface area contributed by atoms with Crippen LogP contribution in [0.3, 0.4) is 0 Å². The van der Waals surface area contributed by atoms with Crippen LogP contribution < -0.4 is 5.11 Å². The number of likely N-dealkylation sites (N-methyl/N-ethyl adjacent to an activating group) is 1. The first-order valence-corrected chi connectivity index (χ1v) is 4.30. The lowest BCUT2D eigenvalue weighted by Crippen LogP contribution is -2.55. The quantitative estimate of drug-likeness (QED) is 0.426. The van der Waals surface area contributed by atoms with Crippen LogP contribution in [0.5, 0.6) is 0 Å². The summed E-state index contributed by atoms with van der Waals surface area (Å²) in [6.07, 6.45) is -0.655. The summed E-state index contributed by atoms with van der Waals surface area (Å²) in [4.78, 5) is 21.5. The molecular formula is C9H17MgNO4. The number of carbonyl (C=O) groups is 2. The normalized spacial score (nSPS) is 15.0. The molecule has 0 unspecified atom stereocenters. The summed E-state index contributed by atoms with van der Waals surface area (Å²) in [7, 11) is 5.30. The molecule has 0 saturated heterocycles. The van der Waals surface area contributed by atoms with E-state index in [1.54, 1.807) is 21.1 Å². The number of carboxylic acids is 1. The summed E-state index contributed by atoms with van der Waals surface area (Å²) in [5.74, 6) is -1.97. The van der Waals surface area contributed by atoms with Gasteiger partial charge in [0.2, 0.25) is 0 Å². The second-order valence-corrected chi connectivity index (χ2v) is 4.58. The number of hydrogen-bond acceptors (Lipinski definition) is 4. The topological polar surface area (TPSA) is 77.4 Å². The number of hydrogen-bond donors (Lipinski definition) is 1. The first-order valence-electron chi connectivity index (χ1n) is 4.30. The molecule has 0 aliphatic heterocycles. The van der Waals surface area contributed by atoms with Crippen molar-refractivity contribution in [3.05, 3.63) is 0 Å². The SMILES string of the molecule is CC(=O)[C@@](O)(CC(=O)[O-])C[N+](C)(C)C.[Mg]. The van der Waals surface area contributed by atoms with E-state index in [1.807, 2.05) is 0 Å². The fourth-order valence-electron chi connectivity index (χ4n) is 1.32. The molecule has 15 heavy (non-hydrogen) atoms. The smallest absolute Gasteiger partial charge is 0.176 e. The Hall–Kier alpha value is -0.174. The van der Waals surface area contributed by atoms with Crippen molar-refractivity contribution in [2.45, 2.75) is 18.9 Å². The Morgan fingerprint density at radius 1 is 1.33 bits per heavy atom. The van der Waals surface area contributed by atoms with Gasteiger partial charge in [0.1, 0.15) is 6.54 Å². The average Bonchev–Trinajstić information content (AvgIpc) is 1.79. The predicted molar refractivity (Wildman–Crippen MR) is 53.9 cm³/mol. The lowest BCUT2D eigenvalue weighted by Gasteiger charge is -2.34. The zero-order chi connectivity index (χ0) is 11.6. The molecular weight excluding hydrogens is 210 g/mol. The van der Waals surface area contributed by atoms with Crippen molar-refractivity contribution in [2.75, 3.05) is 27.7 Å². The van der Waals surface area contributed by atoms with Crippen molar-refractivity contribution in [3.63, 3.8) is 0 Å². The molecule has 0 rings (SSSR count). The molecule has 0 aliphatic carbocycles. The second-order valence-electron chi connectivity index (χ2n) is 4.58. The molecule has 6 heteroatoms. The number of rotatable bonds is 5. The van der Waals surface area contributed by atoms with Crippen LogP contribution >= 0.6 is 0 Å². The molecule has 0 aromatic carbocycles. The number of nitrogens with zero attached hydrogens (tertiary/aromatic N) is 1. The number of Topliss-reactive ketones (excluding diaryl/α,β-unsaturated/α-hetero) is 1. The molecule has 0 aliphatic rings. The van der Waals surface area contributed by atoms with Gasteiger partial charge in [-0.3, -0.25) is 4.79 Å². The van der Waals surface area contributed by atoms with Gasteiger partial charge >= 0.3 is 0 Å². The molecule has 0 aromatic rings. The van der Waals surface area contributed by atoms with Gasteiger partial charge in [0, 0.05) is 35.4 Å². The van der Waals surface area contributed by atoms with Crippen molar-refractivity contribution in [3.8, 4) is 0 Å². The Bertz CT molecular complexity index is 249. The number of carbonyl (C=O) groups excluding carboxylic acids is 2. The summed E-state index contributed by atoms with van der Waals surface area (Å²) < 4.78 is 0.309. The van der Waals surface area contributed by atoms with E-state index in [0.717, 1.165) is 0 Å². The van der Waals surface area contributed by atoms with Gasteiger partial charge in [-0.1, -0.05) is 0 Å². The third-order valence-corrected chi connectivity index (χ3v) is 1.83. The van der Waals surface area contributed by atoms with E-state index >= 15 is 0 Å². The fraction of sp³-hybridized carbons (Fsp3) is 0.778. The molecule has 0 heterocycles. The highest BCUT2D eigenvalue weighted by molar-refractivity contribution is 5.88. The van der Waals surface area contributed by atoms with Crippen molar-refractivity contribution in [2.24, 2.45) is 0 Å². The molecule has 0 amide bonds. The summed E-state index contributed by atoms with van der Waals surface area (Å²) in [6.45, 7) is 1.23. The Balaban J connectivity index is 0. The third kappa shape index (κ3) is 6.83. The Morgan fingerprint density at radius 3 is 1.93 bits per heavy atom. The minimum absolute atomic E-state index is 0. The second kappa shape index (κ2) is 5.79. The van der Waals surface area contributed by atoms with Crippen LogP contribution in [0, 0.1) is 0 Å². The lowest BCUT2D eigenvalue weighted by molar-refractivity contribution is -0.875. The van der Waals surface area contributed by atoms with E-state index in [1.165, 1.54) is 6.92 Å². The van der Waals surface area contributed by atoms with Gasteiger partial charge in [-0.15, -0.1) is 0 Å². The van der Waals surface area contributed by atoms with Crippen LogP contribution in [-0.2, 0) is 9.59 Å². The zero-order valence-corrected chi connectivity index (χ0v) is 11.2. The molecule has 0 saturated carbocycles. The minimum Gasteiger partial charge on any atom is -0.550 e. The monoisotopic (exact) mass is 227 g/mol. The highest BCUT2D eigenvalue weighted by Crippen LogP contribution is 2.15. The number of ketones is 1. The molecule has 1 atom stereocenters. The van der Waals surface area contributed by atoms with Crippen LogP contribution in [0.2, 0.25) is 0 Å². The van der Waals surface area contributed by atoms with E-state index < -0.39 is 23.8 Å². The Kier molecular flexibility index (Phi) is 6.65. The number of quaternary nitrogens is 1. The molecule has 1 N–H and O–H groups in total. The van der Waals surface area contributed by atoms with Crippen LogP contribution in [-0.4, -0.2) is 77.7 Å². The van der Waals surface area contributed by atoms with Crippen molar-refractivity contribution in [1.29, 1.82) is 0 Å². The number of aliphatic hydroxyl groups is 1. The summed E-state index contributed by atoms with van der Waals surface area (Å²) in [6, 6.07) is 0. The van der Waals surface area contributed by atoms with E-state index in [4.69, 9.17) is 0 Å². The van der Waals surface area contributed by atoms with Gasteiger partial charge in [0.15, 0.2) is 11.4 Å². The molecule has 0 aromatic heterocycles. The molecule has 0 spiro atoms.